The SMILES string of the molecule is CCCCCCCCCCCCCCCCCCN(CCCCCCCCCCCCCCCCCC)C(=O)C1(O)C=CC(N)c2ccccc21.Cl. The quantitative estimate of drug-likeness (QED) is 0.0537. The molecule has 0 aromatic heterocycles. The summed E-state index contributed by atoms with van der Waals surface area (Å²) in [6.45, 7) is 6.02. The molecule has 0 fully saturated rings. The normalized spacial score (nSPS) is 16.5. The Bertz CT molecular complexity index is 963. The molecule has 3 N–H and O–H groups in total. The van der Waals surface area contributed by atoms with Crippen molar-refractivity contribution in [2.24, 2.45) is 5.73 Å². The molecule has 1 aromatic rings. The van der Waals surface area contributed by atoms with E-state index in [1.807, 2.05) is 29.2 Å². The number of nitrogens with two attached hydrogens (primary N) is 1. The second-order valence-electron chi connectivity index (χ2n) is 16.1. The standard InChI is InChI=1S/C47H84N2O2.ClH/c1-3-5-7-9-11-13-15-17-19-21-23-25-27-29-31-35-41-49(46(50)47(51)40-39-45(48)43-37-33-34-38-44(43)47)42-36-32-30-28-26-24-22-20-18-16-14-12-10-8-6-4-2;/h33-34,37-40,45,51H,3-32,35-36,41-42,48H2,1-2H3;1H. The Balaban J connectivity index is 0.0000135. The summed E-state index contributed by atoms with van der Waals surface area (Å²) in [5.41, 5.74) is 6.19. The molecule has 1 aromatic carbocycles. The maximum absolute atomic E-state index is 14.1. The summed E-state index contributed by atoms with van der Waals surface area (Å²) < 4.78 is 0. The van der Waals surface area contributed by atoms with Crippen LogP contribution in [-0.4, -0.2) is 29.0 Å². The Kier molecular flexibility index (Phi) is 30.9. The van der Waals surface area contributed by atoms with Gasteiger partial charge in [-0.15, -0.1) is 12.4 Å². The molecule has 1 amide bonds. The highest BCUT2D eigenvalue weighted by Crippen LogP contribution is 2.36. The lowest BCUT2D eigenvalue weighted by atomic mass is 9.81. The van der Waals surface area contributed by atoms with E-state index in [0.29, 0.717) is 5.56 Å². The lowest BCUT2D eigenvalue weighted by Crippen LogP contribution is -2.48. The van der Waals surface area contributed by atoms with Crippen molar-refractivity contribution in [2.45, 2.75) is 231 Å². The van der Waals surface area contributed by atoms with Gasteiger partial charge in [0.25, 0.3) is 5.91 Å². The van der Waals surface area contributed by atoms with Crippen molar-refractivity contribution < 1.29 is 9.90 Å². The number of hydrogen-bond donors (Lipinski definition) is 2. The third-order valence-electron chi connectivity index (χ3n) is 11.5. The summed E-state index contributed by atoms with van der Waals surface area (Å²) >= 11 is 0. The van der Waals surface area contributed by atoms with Crippen molar-refractivity contribution in [3.8, 4) is 0 Å². The van der Waals surface area contributed by atoms with Crippen LogP contribution >= 0.6 is 12.4 Å². The number of amides is 1. The molecule has 2 atom stereocenters. The van der Waals surface area contributed by atoms with E-state index in [4.69, 9.17) is 5.73 Å². The number of nitrogens with zero attached hydrogens (tertiary/aromatic N) is 1. The number of halogens is 1. The Hall–Kier alpha value is -1.36. The zero-order valence-electron chi connectivity index (χ0n) is 34.4. The van der Waals surface area contributed by atoms with Gasteiger partial charge in [-0.3, -0.25) is 4.79 Å². The van der Waals surface area contributed by atoms with Crippen LogP contribution in [0.15, 0.2) is 36.4 Å². The van der Waals surface area contributed by atoms with Gasteiger partial charge in [0.05, 0.1) is 0 Å². The van der Waals surface area contributed by atoms with Crippen LogP contribution in [0.5, 0.6) is 0 Å². The van der Waals surface area contributed by atoms with Crippen molar-refractivity contribution in [3.63, 3.8) is 0 Å². The Morgan fingerprint density at radius 1 is 0.558 bits per heavy atom. The van der Waals surface area contributed by atoms with Crippen LogP contribution in [0.2, 0.25) is 0 Å². The third kappa shape index (κ3) is 21.5. The number of aliphatic hydroxyl groups is 1. The fraction of sp³-hybridized carbons (Fsp3) is 0.809. The molecule has 0 saturated carbocycles. The summed E-state index contributed by atoms with van der Waals surface area (Å²) in [6.07, 6.45) is 46.3. The largest absolute Gasteiger partial charge is 0.372 e. The first-order chi connectivity index (χ1) is 25.0. The molecule has 0 aliphatic heterocycles. The van der Waals surface area contributed by atoms with Gasteiger partial charge in [0.2, 0.25) is 0 Å². The molecular weight excluding hydrogens is 660 g/mol. The molecule has 0 spiro atoms. The van der Waals surface area contributed by atoms with Gasteiger partial charge in [-0.1, -0.05) is 237 Å². The van der Waals surface area contributed by atoms with Gasteiger partial charge in [-0.05, 0) is 24.5 Å². The van der Waals surface area contributed by atoms with E-state index in [1.165, 1.54) is 180 Å². The highest BCUT2D eigenvalue weighted by molar-refractivity contribution is 5.89. The van der Waals surface area contributed by atoms with Crippen LogP contribution in [0.4, 0.5) is 0 Å². The van der Waals surface area contributed by atoms with E-state index in [2.05, 4.69) is 13.8 Å². The Morgan fingerprint density at radius 3 is 1.21 bits per heavy atom. The minimum absolute atomic E-state index is 0. The summed E-state index contributed by atoms with van der Waals surface area (Å²) in [5, 5.41) is 11.8. The fourth-order valence-corrected chi connectivity index (χ4v) is 8.02. The van der Waals surface area contributed by atoms with E-state index in [9.17, 15) is 9.90 Å². The molecule has 0 saturated heterocycles. The van der Waals surface area contributed by atoms with E-state index >= 15 is 0 Å². The first-order valence-corrected chi connectivity index (χ1v) is 22.6. The molecule has 0 bridgehead atoms. The van der Waals surface area contributed by atoms with Gasteiger partial charge in [0, 0.05) is 24.7 Å². The number of carbonyl (C=O) groups excluding carboxylic acids is 1. The van der Waals surface area contributed by atoms with Crippen LogP contribution in [0, 0.1) is 0 Å². The van der Waals surface area contributed by atoms with Gasteiger partial charge in [-0.25, -0.2) is 0 Å². The van der Waals surface area contributed by atoms with Crippen molar-refractivity contribution in [3.05, 3.63) is 47.5 Å². The molecule has 4 nitrogen and oxygen atoms in total. The maximum Gasteiger partial charge on any atom is 0.263 e. The van der Waals surface area contributed by atoms with E-state index in [0.717, 1.165) is 44.3 Å². The topological polar surface area (TPSA) is 66.6 Å². The Morgan fingerprint density at radius 2 is 0.865 bits per heavy atom. The third-order valence-corrected chi connectivity index (χ3v) is 11.5. The van der Waals surface area contributed by atoms with E-state index in [1.54, 1.807) is 12.2 Å². The number of rotatable bonds is 35. The molecule has 2 unspecified atom stereocenters. The molecular formula is C47H85ClN2O2. The number of hydrogen-bond acceptors (Lipinski definition) is 3. The molecule has 1 aliphatic rings. The number of carbonyl (C=O) groups is 1. The molecule has 1 aliphatic carbocycles. The van der Waals surface area contributed by atoms with Crippen molar-refractivity contribution in [2.75, 3.05) is 13.1 Å². The molecule has 5 heteroatoms. The summed E-state index contributed by atoms with van der Waals surface area (Å²) in [4.78, 5) is 16.0. The monoisotopic (exact) mass is 745 g/mol. The summed E-state index contributed by atoms with van der Waals surface area (Å²) in [6, 6.07) is 7.37. The predicted molar refractivity (Wildman–Crippen MR) is 229 cm³/mol. The van der Waals surface area contributed by atoms with Crippen molar-refractivity contribution in [1.82, 2.24) is 4.90 Å². The molecule has 0 radical (unpaired) electrons. The summed E-state index contributed by atoms with van der Waals surface area (Å²) in [5.74, 6) is -0.181. The highest BCUT2D eigenvalue weighted by Gasteiger charge is 2.42. The van der Waals surface area contributed by atoms with Crippen molar-refractivity contribution >= 4 is 18.3 Å². The fourth-order valence-electron chi connectivity index (χ4n) is 8.02. The zero-order chi connectivity index (χ0) is 36.7. The predicted octanol–water partition coefficient (Wildman–Crippen LogP) is 14.2. The van der Waals surface area contributed by atoms with Crippen LogP contribution in [0.3, 0.4) is 0 Å². The minimum atomic E-state index is -1.63. The van der Waals surface area contributed by atoms with E-state index < -0.39 is 5.60 Å². The van der Waals surface area contributed by atoms with Crippen LogP contribution in [0.1, 0.15) is 236 Å². The van der Waals surface area contributed by atoms with Crippen LogP contribution < -0.4 is 5.73 Å². The minimum Gasteiger partial charge on any atom is -0.372 e. The lowest BCUT2D eigenvalue weighted by Gasteiger charge is -2.36. The molecule has 2 rings (SSSR count). The average molecular weight is 746 g/mol. The first kappa shape index (κ1) is 48.7. The molecule has 52 heavy (non-hydrogen) atoms. The highest BCUT2D eigenvalue weighted by atomic mass is 35.5. The average Bonchev–Trinajstić information content (AvgIpc) is 3.15. The smallest absolute Gasteiger partial charge is 0.263 e. The second kappa shape index (κ2) is 33.0. The number of unbranched alkanes of at least 4 members (excludes halogenated alkanes) is 30. The lowest BCUT2D eigenvalue weighted by molar-refractivity contribution is -0.148. The van der Waals surface area contributed by atoms with Crippen LogP contribution in [0.25, 0.3) is 0 Å². The van der Waals surface area contributed by atoms with E-state index in [-0.39, 0.29) is 24.4 Å². The summed E-state index contributed by atoms with van der Waals surface area (Å²) in [7, 11) is 0. The number of fused-ring (bicyclic) bond motifs is 1. The number of benzene rings is 1. The van der Waals surface area contributed by atoms with Crippen molar-refractivity contribution in [1.29, 1.82) is 0 Å². The Labute approximate surface area is 329 Å². The van der Waals surface area contributed by atoms with Gasteiger partial charge in [0.15, 0.2) is 5.60 Å². The zero-order valence-corrected chi connectivity index (χ0v) is 35.2. The molecule has 0 heterocycles. The maximum atomic E-state index is 14.1. The second-order valence-corrected chi connectivity index (χ2v) is 16.1. The first-order valence-electron chi connectivity index (χ1n) is 22.6. The van der Waals surface area contributed by atoms with Crippen LogP contribution in [-0.2, 0) is 10.4 Å². The van der Waals surface area contributed by atoms with Gasteiger partial charge < -0.3 is 15.7 Å². The van der Waals surface area contributed by atoms with Gasteiger partial charge >= 0.3 is 0 Å². The van der Waals surface area contributed by atoms with Gasteiger partial charge in [-0.2, -0.15) is 0 Å². The molecule has 302 valence electrons. The van der Waals surface area contributed by atoms with Gasteiger partial charge in [0.1, 0.15) is 0 Å².